The Bertz CT molecular complexity index is 1200. The lowest BCUT2D eigenvalue weighted by molar-refractivity contribution is -0.163. The zero-order chi connectivity index (χ0) is 50.6. The molecule has 0 amide bonds. The van der Waals surface area contributed by atoms with Crippen LogP contribution in [0.15, 0.2) is 60.8 Å². The normalized spacial score (nSPS) is 12.6. The molecular formula is C65H118O5. The number of ether oxygens (including phenoxy) is 3. The lowest BCUT2D eigenvalue weighted by Crippen LogP contribution is -2.30. The summed E-state index contributed by atoms with van der Waals surface area (Å²) < 4.78 is 17.5. The summed E-state index contributed by atoms with van der Waals surface area (Å²) in [6.45, 7) is 7.72. The first-order valence-electron chi connectivity index (χ1n) is 30.8. The summed E-state index contributed by atoms with van der Waals surface area (Å²) in [5, 5.41) is 0. The van der Waals surface area contributed by atoms with Crippen LogP contribution in [0.5, 0.6) is 0 Å². The van der Waals surface area contributed by atoms with Gasteiger partial charge in [-0.1, -0.05) is 306 Å². The molecule has 0 aromatic heterocycles. The van der Waals surface area contributed by atoms with Crippen LogP contribution in [0.2, 0.25) is 0 Å². The number of carbonyl (C=O) groups is 2. The van der Waals surface area contributed by atoms with Gasteiger partial charge in [-0.25, -0.2) is 0 Å². The first kappa shape index (κ1) is 67.6. The van der Waals surface area contributed by atoms with Crippen LogP contribution < -0.4 is 0 Å². The maximum absolute atomic E-state index is 12.9. The molecule has 0 fully saturated rings. The molecule has 0 spiro atoms. The molecule has 0 radical (unpaired) electrons. The predicted molar refractivity (Wildman–Crippen MR) is 307 cm³/mol. The molecule has 0 aromatic carbocycles. The molecule has 0 aliphatic carbocycles. The third-order valence-electron chi connectivity index (χ3n) is 13.6. The van der Waals surface area contributed by atoms with Crippen molar-refractivity contribution in [1.82, 2.24) is 0 Å². The first-order valence-corrected chi connectivity index (χ1v) is 30.8. The van der Waals surface area contributed by atoms with E-state index in [1.165, 1.54) is 212 Å². The molecule has 5 heteroatoms. The highest BCUT2D eigenvalue weighted by molar-refractivity contribution is 5.70. The molecule has 0 saturated heterocycles. The van der Waals surface area contributed by atoms with Gasteiger partial charge in [0.25, 0.3) is 0 Å². The number of allylic oxidation sites excluding steroid dienone is 10. The number of hydrogen-bond donors (Lipinski definition) is 0. The van der Waals surface area contributed by atoms with Crippen molar-refractivity contribution in [3.8, 4) is 0 Å². The SMILES string of the molecule is CC/C=C\C/C=C\C/C=C\C/C=C\C/C=C\CCCC(=O)OCC(COCCCCCCCCCCCCCCCCCCCCCC)OC(=O)CCCCCCCCCCCCCCCCCCC. The van der Waals surface area contributed by atoms with Crippen molar-refractivity contribution >= 4 is 11.9 Å². The number of unbranched alkanes of at least 4 members (excludes halogenated alkanes) is 36. The minimum absolute atomic E-state index is 0.0601. The average molecular weight is 980 g/mol. The Morgan fingerprint density at radius 2 is 0.643 bits per heavy atom. The minimum atomic E-state index is -0.557. The fourth-order valence-electron chi connectivity index (χ4n) is 9.02. The highest BCUT2D eigenvalue weighted by Crippen LogP contribution is 2.17. The minimum Gasteiger partial charge on any atom is -0.462 e. The predicted octanol–water partition coefficient (Wildman–Crippen LogP) is 21.2. The van der Waals surface area contributed by atoms with Gasteiger partial charge in [-0.3, -0.25) is 9.59 Å². The number of carbonyl (C=O) groups excluding carboxylic acids is 2. The van der Waals surface area contributed by atoms with E-state index in [0.29, 0.717) is 19.4 Å². The van der Waals surface area contributed by atoms with Crippen LogP contribution in [0.3, 0.4) is 0 Å². The average Bonchev–Trinajstić information content (AvgIpc) is 3.36. The monoisotopic (exact) mass is 979 g/mol. The maximum Gasteiger partial charge on any atom is 0.306 e. The second-order valence-electron chi connectivity index (χ2n) is 20.6. The van der Waals surface area contributed by atoms with E-state index < -0.39 is 6.10 Å². The van der Waals surface area contributed by atoms with Gasteiger partial charge in [-0.05, 0) is 57.8 Å². The van der Waals surface area contributed by atoms with Gasteiger partial charge in [0.15, 0.2) is 6.10 Å². The van der Waals surface area contributed by atoms with E-state index in [1.54, 1.807) is 0 Å². The second-order valence-corrected chi connectivity index (χ2v) is 20.6. The van der Waals surface area contributed by atoms with Crippen molar-refractivity contribution in [3.63, 3.8) is 0 Å². The number of rotatable bonds is 57. The molecule has 0 aromatic rings. The molecule has 0 rings (SSSR count). The highest BCUT2D eigenvalue weighted by atomic mass is 16.6. The fourth-order valence-corrected chi connectivity index (χ4v) is 9.02. The standard InChI is InChI=1S/C65H118O5/c1-4-7-10-13-16-19-22-25-28-31-32-33-36-39-42-45-48-51-54-57-60-68-61-63(70-65(67)59-56-53-50-47-44-41-38-35-30-27-24-21-18-15-12-9-6-3)62-69-64(66)58-55-52-49-46-43-40-37-34-29-26-23-20-17-14-11-8-5-2/h8,11,17,20,26,29,37,40,46,49,63H,4-7,9-10,12-16,18-19,21-25,27-28,30-36,38-39,41-45,47-48,50-62H2,1-3H3/b11-8-,20-17-,29-26-,40-37-,49-46-. The molecule has 0 aliphatic rings. The van der Waals surface area contributed by atoms with E-state index in [1.807, 2.05) is 0 Å². The molecular weight excluding hydrogens is 861 g/mol. The third-order valence-corrected chi connectivity index (χ3v) is 13.6. The van der Waals surface area contributed by atoms with E-state index in [0.717, 1.165) is 70.6 Å². The van der Waals surface area contributed by atoms with Crippen LogP contribution in [0.25, 0.3) is 0 Å². The van der Waals surface area contributed by atoms with E-state index in [2.05, 4.69) is 81.5 Å². The Labute approximate surface area is 436 Å². The van der Waals surface area contributed by atoms with Gasteiger partial charge in [-0.15, -0.1) is 0 Å². The molecule has 5 nitrogen and oxygen atoms in total. The quantitative estimate of drug-likeness (QED) is 0.0345. The lowest BCUT2D eigenvalue weighted by Gasteiger charge is -2.18. The highest BCUT2D eigenvalue weighted by Gasteiger charge is 2.17. The maximum atomic E-state index is 12.9. The molecule has 70 heavy (non-hydrogen) atoms. The van der Waals surface area contributed by atoms with E-state index in [4.69, 9.17) is 14.2 Å². The van der Waals surface area contributed by atoms with E-state index >= 15 is 0 Å². The van der Waals surface area contributed by atoms with Crippen LogP contribution in [0.1, 0.15) is 316 Å². The Morgan fingerprint density at radius 1 is 0.329 bits per heavy atom. The molecule has 0 heterocycles. The van der Waals surface area contributed by atoms with Crippen molar-refractivity contribution in [2.24, 2.45) is 0 Å². The Balaban J connectivity index is 4.30. The zero-order valence-electron chi connectivity index (χ0n) is 47.0. The van der Waals surface area contributed by atoms with Gasteiger partial charge < -0.3 is 14.2 Å². The van der Waals surface area contributed by atoms with Gasteiger partial charge in [0.2, 0.25) is 0 Å². The molecule has 0 aliphatic heterocycles. The smallest absolute Gasteiger partial charge is 0.306 e. The van der Waals surface area contributed by atoms with Gasteiger partial charge in [0.05, 0.1) is 6.61 Å². The summed E-state index contributed by atoms with van der Waals surface area (Å²) in [5.41, 5.74) is 0. The topological polar surface area (TPSA) is 61.8 Å². The van der Waals surface area contributed by atoms with Gasteiger partial charge in [-0.2, -0.15) is 0 Å². The summed E-state index contributed by atoms with van der Waals surface area (Å²) in [6, 6.07) is 0. The van der Waals surface area contributed by atoms with Gasteiger partial charge in [0.1, 0.15) is 6.61 Å². The van der Waals surface area contributed by atoms with Crippen LogP contribution in [-0.2, 0) is 23.8 Å². The molecule has 408 valence electrons. The largest absolute Gasteiger partial charge is 0.462 e. The van der Waals surface area contributed by atoms with E-state index in [9.17, 15) is 9.59 Å². The summed E-state index contributed by atoms with van der Waals surface area (Å²) in [7, 11) is 0. The van der Waals surface area contributed by atoms with Gasteiger partial charge >= 0.3 is 11.9 Å². The zero-order valence-corrected chi connectivity index (χ0v) is 47.0. The third kappa shape index (κ3) is 58.2. The van der Waals surface area contributed by atoms with Crippen LogP contribution >= 0.6 is 0 Å². The van der Waals surface area contributed by atoms with Gasteiger partial charge in [0, 0.05) is 19.4 Å². The summed E-state index contributed by atoms with van der Waals surface area (Å²) >= 11 is 0. The number of hydrogen-bond acceptors (Lipinski definition) is 5. The number of esters is 2. The molecule has 1 unspecified atom stereocenters. The van der Waals surface area contributed by atoms with Crippen LogP contribution in [0, 0.1) is 0 Å². The van der Waals surface area contributed by atoms with Crippen molar-refractivity contribution < 1.29 is 23.8 Å². The van der Waals surface area contributed by atoms with Crippen molar-refractivity contribution in [2.45, 2.75) is 322 Å². The summed E-state index contributed by atoms with van der Waals surface area (Å²) in [4.78, 5) is 25.5. The second kappa shape index (κ2) is 60.9. The fraction of sp³-hybridized carbons (Fsp3) is 0.815. The van der Waals surface area contributed by atoms with E-state index in [-0.39, 0.29) is 25.2 Å². The molecule has 0 saturated carbocycles. The molecule has 1 atom stereocenters. The lowest BCUT2D eigenvalue weighted by atomic mass is 10.0. The van der Waals surface area contributed by atoms with Crippen LogP contribution in [0.4, 0.5) is 0 Å². The van der Waals surface area contributed by atoms with Crippen molar-refractivity contribution in [2.75, 3.05) is 19.8 Å². The Hall–Kier alpha value is -2.40. The molecule has 0 N–H and O–H groups in total. The van der Waals surface area contributed by atoms with Crippen LogP contribution in [-0.4, -0.2) is 37.9 Å². The Morgan fingerprint density at radius 3 is 1.01 bits per heavy atom. The summed E-state index contributed by atoms with van der Waals surface area (Å²) in [6.07, 6.45) is 78.4. The summed E-state index contributed by atoms with van der Waals surface area (Å²) in [5.74, 6) is -0.446. The molecule has 0 bridgehead atoms. The Kier molecular flexibility index (Phi) is 58.8. The van der Waals surface area contributed by atoms with Crippen molar-refractivity contribution in [3.05, 3.63) is 60.8 Å². The van der Waals surface area contributed by atoms with Crippen molar-refractivity contribution in [1.29, 1.82) is 0 Å². The first-order chi connectivity index (χ1) is 34.6.